The standard InChI is InChI=1S/C19H14F3N3O3S/c1-28-13-5-9-15-11(10-13)2-8-16-17(15)25(24-18(16)19(20,21)22)12-3-6-14(7-4-12)29(23,26)27/h2-10H,1H3,(H2,23,26,27). The molecule has 0 atom stereocenters. The van der Waals surface area contributed by atoms with E-state index in [-0.39, 0.29) is 21.5 Å². The Morgan fingerprint density at radius 2 is 1.66 bits per heavy atom. The average Bonchev–Trinajstić information content (AvgIpc) is 3.07. The average molecular weight is 421 g/mol. The smallest absolute Gasteiger partial charge is 0.435 e. The molecule has 0 saturated carbocycles. The van der Waals surface area contributed by atoms with Crippen LogP contribution in [-0.4, -0.2) is 25.3 Å². The van der Waals surface area contributed by atoms with E-state index in [0.29, 0.717) is 16.5 Å². The highest BCUT2D eigenvalue weighted by molar-refractivity contribution is 7.89. The minimum Gasteiger partial charge on any atom is -0.497 e. The van der Waals surface area contributed by atoms with Crippen LogP contribution in [0.4, 0.5) is 13.2 Å². The van der Waals surface area contributed by atoms with E-state index in [2.05, 4.69) is 5.10 Å². The lowest BCUT2D eigenvalue weighted by atomic mass is 10.1. The molecule has 0 fully saturated rings. The number of primary sulfonamides is 1. The van der Waals surface area contributed by atoms with Gasteiger partial charge >= 0.3 is 6.18 Å². The lowest BCUT2D eigenvalue weighted by molar-refractivity contribution is -0.140. The van der Waals surface area contributed by atoms with Crippen LogP contribution in [0.2, 0.25) is 0 Å². The van der Waals surface area contributed by atoms with E-state index in [0.717, 1.165) is 4.68 Å². The van der Waals surface area contributed by atoms with Crippen molar-refractivity contribution in [1.82, 2.24) is 9.78 Å². The maximum absolute atomic E-state index is 13.6. The molecule has 1 heterocycles. The number of aromatic nitrogens is 2. The van der Waals surface area contributed by atoms with Gasteiger partial charge < -0.3 is 4.74 Å². The minimum atomic E-state index is -4.66. The zero-order chi connectivity index (χ0) is 21.0. The minimum absolute atomic E-state index is 0.0642. The topological polar surface area (TPSA) is 87.2 Å². The molecule has 0 radical (unpaired) electrons. The molecule has 0 amide bonds. The van der Waals surface area contributed by atoms with Gasteiger partial charge in [-0.3, -0.25) is 0 Å². The molecule has 4 rings (SSSR count). The van der Waals surface area contributed by atoms with E-state index in [1.165, 1.54) is 37.4 Å². The first kappa shape index (κ1) is 19.2. The van der Waals surface area contributed by atoms with Gasteiger partial charge in [0.05, 0.1) is 23.2 Å². The summed E-state index contributed by atoms with van der Waals surface area (Å²) in [5.74, 6) is 0.566. The molecule has 6 nitrogen and oxygen atoms in total. The second-order valence-electron chi connectivity index (χ2n) is 6.35. The molecular formula is C19H14F3N3O3S. The van der Waals surface area contributed by atoms with Crippen LogP contribution < -0.4 is 9.88 Å². The van der Waals surface area contributed by atoms with Crippen molar-refractivity contribution in [3.63, 3.8) is 0 Å². The van der Waals surface area contributed by atoms with Gasteiger partial charge in [-0.15, -0.1) is 0 Å². The van der Waals surface area contributed by atoms with Gasteiger partial charge in [0.1, 0.15) is 5.75 Å². The molecule has 2 N–H and O–H groups in total. The van der Waals surface area contributed by atoms with E-state index < -0.39 is 21.9 Å². The maximum Gasteiger partial charge on any atom is 0.435 e. The van der Waals surface area contributed by atoms with E-state index >= 15 is 0 Å². The lowest BCUT2D eigenvalue weighted by Gasteiger charge is -2.08. The number of benzene rings is 3. The molecule has 0 aliphatic carbocycles. The predicted molar refractivity (Wildman–Crippen MR) is 102 cm³/mol. The normalized spacial score (nSPS) is 12.6. The molecule has 29 heavy (non-hydrogen) atoms. The number of halogens is 3. The van der Waals surface area contributed by atoms with Gasteiger partial charge in [-0.2, -0.15) is 18.3 Å². The van der Waals surface area contributed by atoms with Crippen molar-refractivity contribution >= 4 is 31.7 Å². The third kappa shape index (κ3) is 3.30. The number of nitrogens with zero attached hydrogens (tertiary/aromatic N) is 2. The molecule has 0 aliphatic rings. The quantitative estimate of drug-likeness (QED) is 0.544. The number of sulfonamides is 1. The summed E-state index contributed by atoms with van der Waals surface area (Å²) >= 11 is 0. The van der Waals surface area contributed by atoms with Crippen molar-refractivity contribution in [2.24, 2.45) is 5.14 Å². The first-order valence-corrected chi connectivity index (χ1v) is 9.84. The van der Waals surface area contributed by atoms with Crippen LogP contribution in [-0.2, 0) is 16.2 Å². The van der Waals surface area contributed by atoms with Gasteiger partial charge in [-0.25, -0.2) is 18.2 Å². The maximum atomic E-state index is 13.6. The fourth-order valence-electron chi connectivity index (χ4n) is 3.21. The Bertz CT molecular complexity index is 1340. The van der Waals surface area contributed by atoms with Crippen LogP contribution in [0, 0.1) is 0 Å². The summed E-state index contributed by atoms with van der Waals surface area (Å²) in [4.78, 5) is -0.150. The number of hydrogen-bond acceptors (Lipinski definition) is 4. The highest BCUT2D eigenvalue weighted by Crippen LogP contribution is 2.38. The van der Waals surface area contributed by atoms with Crippen molar-refractivity contribution in [3.8, 4) is 11.4 Å². The molecule has 150 valence electrons. The molecule has 1 aromatic heterocycles. The predicted octanol–water partition coefficient (Wildman–Crippen LogP) is 3.85. The Morgan fingerprint density at radius 1 is 1.00 bits per heavy atom. The molecule has 0 aliphatic heterocycles. The van der Waals surface area contributed by atoms with Crippen LogP contribution in [0.5, 0.6) is 5.75 Å². The Labute approximate surface area is 163 Å². The zero-order valence-corrected chi connectivity index (χ0v) is 15.8. The van der Waals surface area contributed by atoms with E-state index in [1.807, 2.05) is 0 Å². The number of hydrogen-bond donors (Lipinski definition) is 1. The fraction of sp³-hybridized carbons (Fsp3) is 0.105. The van der Waals surface area contributed by atoms with Gasteiger partial charge in [0.25, 0.3) is 0 Å². The summed E-state index contributed by atoms with van der Waals surface area (Å²) in [5, 5.41) is 10.0. The van der Waals surface area contributed by atoms with Crippen molar-refractivity contribution in [3.05, 3.63) is 60.3 Å². The van der Waals surface area contributed by atoms with Crippen LogP contribution in [0.15, 0.2) is 59.5 Å². The first-order chi connectivity index (χ1) is 13.6. The Balaban J connectivity index is 2.05. The second-order valence-corrected chi connectivity index (χ2v) is 7.91. The largest absolute Gasteiger partial charge is 0.497 e. The second kappa shape index (κ2) is 6.46. The summed E-state index contributed by atoms with van der Waals surface area (Å²) in [5.41, 5.74) is -0.511. The summed E-state index contributed by atoms with van der Waals surface area (Å²) in [7, 11) is -2.43. The SMILES string of the molecule is COc1ccc2c(ccc3c(C(F)(F)F)nn(-c4ccc(S(N)(=O)=O)cc4)c32)c1. The van der Waals surface area contributed by atoms with Crippen LogP contribution in [0.3, 0.4) is 0 Å². The van der Waals surface area contributed by atoms with E-state index in [9.17, 15) is 21.6 Å². The van der Waals surface area contributed by atoms with Gasteiger partial charge in [0.2, 0.25) is 10.0 Å². The molecule has 10 heteroatoms. The molecule has 0 unspecified atom stereocenters. The van der Waals surface area contributed by atoms with Crippen LogP contribution >= 0.6 is 0 Å². The fourth-order valence-corrected chi connectivity index (χ4v) is 3.73. The summed E-state index contributed by atoms with van der Waals surface area (Å²) in [6, 6.07) is 13.1. The summed E-state index contributed by atoms with van der Waals surface area (Å²) in [6.07, 6.45) is -4.66. The molecule has 4 aromatic rings. The Kier molecular flexibility index (Phi) is 4.28. The molecular weight excluding hydrogens is 407 g/mol. The number of rotatable bonds is 3. The third-order valence-electron chi connectivity index (χ3n) is 4.54. The van der Waals surface area contributed by atoms with Crippen molar-refractivity contribution in [2.45, 2.75) is 11.1 Å². The van der Waals surface area contributed by atoms with Gasteiger partial charge in [-0.1, -0.05) is 6.07 Å². The Hall–Kier alpha value is -3.11. The van der Waals surface area contributed by atoms with E-state index in [4.69, 9.17) is 9.88 Å². The van der Waals surface area contributed by atoms with Gasteiger partial charge in [0.15, 0.2) is 5.69 Å². The van der Waals surface area contributed by atoms with Crippen LogP contribution in [0.1, 0.15) is 5.69 Å². The first-order valence-electron chi connectivity index (χ1n) is 8.29. The zero-order valence-electron chi connectivity index (χ0n) is 14.9. The highest BCUT2D eigenvalue weighted by atomic mass is 32.2. The van der Waals surface area contributed by atoms with Crippen molar-refractivity contribution in [2.75, 3.05) is 7.11 Å². The molecule has 0 saturated heterocycles. The third-order valence-corrected chi connectivity index (χ3v) is 5.47. The number of nitrogens with two attached hydrogens (primary N) is 1. The molecule has 3 aromatic carbocycles. The monoisotopic (exact) mass is 421 g/mol. The van der Waals surface area contributed by atoms with Crippen LogP contribution in [0.25, 0.3) is 27.4 Å². The molecule has 0 bridgehead atoms. The number of fused-ring (bicyclic) bond motifs is 3. The highest BCUT2D eigenvalue weighted by Gasteiger charge is 2.37. The Morgan fingerprint density at radius 3 is 2.24 bits per heavy atom. The number of methoxy groups -OCH3 is 1. The van der Waals surface area contributed by atoms with Gasteiger partial charge in [-0.05, 0) is 53.9 Å². The number of ether oxygens (including phenoxy) is 1. The van der Waals surface area contributed by atoms with Crippen molar-refractivity contribution in [1.29, 1.82) is 0 Å². The molecule has 0 spiro atoms. The summed E-state index contributed by atoms with van der Waals surface area (Å²) in [6.45, 7) is 0. The van der Waals surface area contributed by atoms with Crippen molar-refractivity contribution < 1.29 is 26.3 Å². The lowest BCUT2D eigenvalue weighted by Crippen LogP contribution is -2.12. The summed E-state index contributed by atoms with van der Waals surface area (Å²) < 4.78 is 70.0. The van der Waals surface area contributed by atoms with E-state index in [1.54, 1.807) is 24.3 Å². The van der Waals surface area contributed by atoms with Gasteiger partial charge in [0, 0.05) is 10.8 Å². The number of alkyl halides is 3.